The molecule has 0 saturated heterocycles. The number of rotatable bonds is 7. The van der Waals surface area contributed by atoms with Gasteiger partial charge in [0.05, 0.1) is 6.10 Å². The number of hydrogen-bond acceptors (Lipinski definition) is 2. The summed E-state index contributed by atoms with van der Waals surface area (Å²) < 4.78 is 5.96. The predicted octanol–water partition coefficient (Wildman–Crippen LogP) is 4.01. The molecule has 2 rings (SSSR count). The monoisotopic (exact) mass is 247 g/mol. The third-order valence-corrected chi connectivity index (χ3v) is 3.59. The summed E-state index contributed by atoms with van der Waals surface area (Å²) in [4.78, 5) is 0. The highest BCUT2D eigenvalue weighted by molar-refractivity contribution is 5.53. The van der Waals surface area contributed by atoms with Crippen molar-refractivity contribution in [1.82, 2.24) is 0 Å². The summed E-state index contributed by atoms with van der Waals surface area (Å²) in [5.41, 5.74) is 2.67. The molecule has 1 unspecified atom stereocenters. The van der Waals surface area contributed by atoms with Crippen LogP contribution in [0.5, 0.6) is 0 Å². The Hall–Kier alpha value is -1.02. The molecule has 0 saturated carbocycles. The van der Waals surface area contributed by atoms with Crippen LogP contribution in [0.4, 0.5) is 5.69 Å². The minimum atomic E-state index is 0.353. The van der Waals surface area contributed by atoms with E-state index in [2.05, 4.69) is 36.5 Å². The maximum Gasteiger partial charge on any atom is 0.0788 e. The van der Waals surface area contributed by atoms with Gasteiger partial charge in [-0.2, -0.15) is 0 Å². The van der Waals surface area contributed by atoms with Crippen LogP contribution < -0.4 is 5.32 Å². The molecule has 1 aromatic rings. The van der Waals surface area contributed by atoms with E-state index in [1.807, 2.05) is 0 Å². The summed E-state index contributed by atoms with van der Waals surface area (Å²) in [5, 5.41) is 3.45. The lowest BCUT2D eigenvalue weighted by Gasteiger charge is -2.26. The molecule has 1 aliphatic rings. The maximum absolute atomic E-state index is 5.96. The Morgan fingerprint density at radius 2 is 2.00 bits per heavy atom. The van der Waals surface area contributed by atoms with Crippen molar-refractivity contribution in [1.29, 1.82) is 0 Å². The average molecular weight is 247 g/mol. The number of anilines is 1. The van der Waals surface area contributed by atoms with E-state index in [9.17, 15) is 0 Å². The maximum atomic E-state index is 5.96. The zero-order chi connectivity index (χ0) is 12.6. The van der Waals surface area contributed by atoms with E-state index < -0.39 is 0 Å². The molecule has 0 spiro atoms. The normalized spacial score (nSPS) is 18.2. The van der Waals surface area contributed by atoms with Gasteiger partial charge in [-0.3, -0.25) is 0 Å². The summed E-state index contributed by atoms with van der Waals surface area (Å²) in [6.07, 6.45) is 7.95. The number of ether oxygens (including phenoxy) is 1. The second-order valence-electron chi connectivity index (χ2n) is 5.15. The van der Waals surface area contributed by atoms with Gasteiger partial charge < -0.3 is 10.1 Å². The zero-order valence-corrected chi connectivity index (χ0v) is 11.5. The molecule has 18 heavy (non-hydrogen) atoms. The van der Waals surface area contributed by atoms with E-state index in [4.69, 9.17) is 4.74 Å². The zero-order valence-electron chi connectivity index (χ0n) is 11.5. The van der Waals surface area contributed by atoms with Crippen molar-refractivity contribution < 1.29 is 4.74 Å². The van der Waals surface area contributed by atoms with Crippen LogP contribution in [0.25, 0.3) is 0 Å². The van der Waals surface area contributed by atoms with Crippen molar-refractivity contribution in [3.8, 4) is 0 Å². The van der Waals surface area contributed by atoms with Gasteiger partial charge in [0.15, 0.2) is 0 Å². The lowest BCUT2D eigenvalue weighted by Crippen LogP contribution is -2.30. The molecule has 1 aromatic carbocycles. The highest BCUT2D eigenvalue weighted by Crippen LogP contribution is 2.22. The fourth-order valence-corrected chi connectivity index (χ4v) is 2.49. The van der Waals surface area contributed by atoms with Gasteiger partial charge >= 0.3 is 0 Å². The molecule has 100 valence electrons. The van der Waals surface area contributed by atoms with E-state index >= 15 is 0 Å². The predicted molar refractivity (Wildman–Crippen MR) is 77.1 cm³/mol. The number of hydrogen-bond donors (Lipinski definition) is 1. The van der Waals surface area contributed by atoms with Gasteiger partial charge in [-0.15, -0.1) is 0 Å². The van der Waals surface area contributed by atoms with Crippen LogP contribution in [0.1, 0.15) is 44.6 Å². The number of benzene rings is 1. The summed E-state index contributed by atoms with van der Waals surface area (Å²) >= 11 is 0. The van der Waals surface area contributed by atoms with E-state index in [-0.39, 0.29) is 0 Å². The third kappa shape index (κ3) is 4.02. The Labute approximate surface area is 111 Å². The first-order valence-corrected chi connectivity index (χ1v) is 7.33. The summed E-state index contributed by atoms with van der Waals surface area (Å²) in [6.45, 7) is 4.12. The molecule has 2 heteroatoms. The first-order valence-electron chi connectivity index (χ1n) is 7.33. The van der Waals surface area contributed by atoms with E-state index in [0.717, 1.165) is 19.6 Å². The molecule has 1 N–H and O–H groups in total. The Morgan fingerprint density at radius 3 is 2.89 bits per heavy atom. The van der Waals surface area contributed by atoms with Crippen molar-refractivity contribution in [3.05, 3.63) is 29.8 Å². The van der Waals surface area contributed by atoms with E-state index in [0.29, 0.717) is 6.10 Å². The molecule has 0 radical (unpaired) electrons. The van der Waals surface area contributed by atoms with Gasteiger partial charge in [0, 0.05) is 25.3 Å². The van der Waals surface area contributed by atoms with Gasteiger partial charge in [-0.25, -0.2) is 0 Å². The SMILES string of the molecule is CCCCCCCOC1CNc2ccccc2C1. The number of nitrogens with one attached hydrogen (secondary N) is 1. The van der Waals surface area contributed by atoms with Crippen molar-refractivity contribution in [2.24, 2.45) is 0 Å². The average Bonchev–Trinajstić information content (AvgIpc) is 2.42. The first kappa shape index (κ1) is 13.4. The number of unbranched alkanes of at least 4 members (excludes halogenated alkanes) is 4. The largest absolute Gasteiger partial charge is 0.382 e. The summed E-state index contributed by atoms with van der Waals surface area (Å²) in [7, 11) is 0. The molecule has 0 fully saturated rings. The lowest BCUT2D eigenvalue weighted by atomic mass is 10.0. The molecule has 0 aliphatic carbocycles. The molecule has 0 aromatic heterocycles. The van der Waals surface area contributed by atoms with Gasteiger partial charge in [0.2, 0.25) is 0 Å². The molecular weight excluding hydrogens is 222 g/mol. The Kier molecular flexibility index (Phi) is 5.53. The molecular formula is C16H25NO. The van der Waals surface area contributed by atoms with Gasteiger partial charge in [0.25, 0.3) is 0 Å². The fraction of sp³-hybridized carbons (Fsp3) is 0.625. The molecule has 0 amide bonds. The van der Waals surface area contributed by atoms with Crippen molar-refractivity contribution in [2.75, 3.05) is 18.5 Å². The fourth-order valence-electron chi connectivity index (χ4n) is 2.49. The van der Waals surface area contributed by atoms with Crippen LogP contribution in [0, 0.1) is 0 Å². The standard InChI is InChI=1S/C16H25NO/c1-2-3-4-5-8-11-18-15-12-14-9-6-7-10-16(14)17-13-15/h6-7,9-10,15,17H,2-5,8,11-13H2,1H3. The molecule has 1 heterocycles. The minimum absolute atomic E-state index is 0.353. The van der Waals surface area contributed by atoms with Crippen molar-refractivity contribution in [3.63, 3.8) is 0 Å². The van der Waals surface area contributed by atoms with Gasteiger partial charge in [0.1, 0.15) is 0 Å². The third-order valence-electron chi connectivity index (χ3n) is 3.59. The van der Waals surface area contributed by atoms with Crippen LogP contribution in [0.3, 0.4) is 0 Å². The molecule has 1 aliphatic heterocycles. The summed E-state index contributed by atoms with van der Waals surface area (Å²) in [6, 6.07) is 8.53. The minimum Gasteiger partial charge on any atom is -0.382 e. The smallest absolute Gasteiger partial charge is 0.0788 e. The second-order valence-corrected chi connectivity index (χ2v) is 5.15. The lowest BCUT2D eigenvalue weighted by molar-refractivity contribution is 0.0575. The highest BCUT2D eigenvalue weighted by Gasteiger charge is 2.17. The second kappa shape index (κ2) is 7.42. The molecule has 2 nitrogen and oxygen atoms in total. The Bertz CT molecular complexity index is 351. The van der Waals surface area contributed by atoms with Gasteiger partial charge in [-0.1, -0.05) is 50.8 Å². The van der Waals surface area contributed by atoms with Crippen LogP contribution in [-0.4, -0.2) is 19.3 Å². The topological polar surface area (TPSA) is 21.3 Å². The molecule has 1 atom stereocenters. The van der Waals surface area contributed by atoms with E-state index in [1.165, 1.54) is 43.4 Å². The van der Waals surface area contributed by atoms with Crippen LogP contribution in [0.2, 0.25) is 0 Å². The van der Waals surface area contributed by atoms with Crippen LogP contribution >= 0.6 is 0 Å². The number of fused-ring (bicyclic) bond motifs is 1. The van der Waals surface area contributed by atoms with Gasteiger partial charge in [-0.05, 0) is 18.1 Å². The Morgan fingerprint density at radius 1 is 1.17 bits per heavy atom. The Balaban J connectivity index is 1.64. The van der Waals surface area contributed by atoms with Crippen LogP contribution in [0.15, 0.2) is 24.3 Å². The van der Waals surface area contributed by atoms with Crippen molar-refractivity contribution >= 4 is 5.69 Å². The van der Waals surface area contributed by atoms with Crippen molar-refractivity contribution in [2.45, 2.75) is 51.6 Å². The number of para-hydroxylation sites is 1. The first-order chi connectivity index (χ1) is 8.90. The highest BCUT2D eigenvalue weighted by atomic mass is 16.5. The van der Waals surface area contributed by atoms with E-state index in [1.54, 1.807) is 0 Å². The molecule has 0 bridgehead atoms. The quantitative estimate of drug-likeness (QED) is 0.735. The summed E-state index contributed by atoms with van der Waals surface area (Å²) in [5.74, 6) is 0. The van der Waals surface area contributed by atoms with Crippen LogP contribution in [-0.2, 0) is 11.2 Å².